The molecule has 1 aliphatic carbocycles. The molecule has 92 valence electrons. The van der Waals surface area contributed by atoms with Crippen molar-refractivity contribution in [3.63, 3.8) is 0 Å². The molecular weight excluding hydrogens is 216 g/mol. The number of rotatable bonds is 3. The largest absolute Gasteiger partial charge is 0.382 e. The van der Waals surface area contributed by atoms with Crippen LogP contribution in [0.15, 0.2) is 18.2 Å². The molecule has 1 aromatic carbocycles. The van der Waals surface area contributed by atoms with Gasteiger partial charge in [-0.2, -0.15) is 0 Å². The van der Waals surface area contributed by atoms with Crippen LogP contribution in [0.2, 0.25) is 0 Å². The standard InChI is InChI=1S/C13H18N2O2/c1-10-9-12(7-8-13(10)15(16)17)14-11-5-3-2-4-6-11/h7-9,11,14H,2-6H2,1H3. The smallest absolute Gasteiger partial charge is 0.272 e. The van der Waals surface area contributed by atoms with Crippen LogP contribution < -0.4 is 5.32 Å². The molecule has 0 spiro atoms. The average Bonchev–Trinajstić information content (AvgIpc) is 2.30. The van der Waals surface area contributed by atoms with E-state index in [2.05, 4.69) is 5.32 Å². The summed E-state index contributed by atoms with van der Waals surface area (Å²) in [6, 6.07) is 5.79. The van der Waals surface area contributed by atoms with Crippen LogP contribution in [-0.4, -0.2) is 11.0 Å². The number of nitro groups is 1. The lowest BCUT2D eigenvalue weighted by Crippen LogP contribution is -2.22. The third kappa shape index (κ3) is 2.96. The van der Waals surface area contributed by atoms with Gasteiger partial charge in [0.05, 0.1) is 4.92 Å². The SMILES string of the molecule is Cc1cc(NC2CCCCC2)ccc1[N+](=O)[O-]. The maximum absolute atomic E-state index is 10.7. The molecule has 0 atom stereocenters. The minimum absolute atomic E-state index is 0.194. The Hall–Kier alpha value is -1.58. The van der Waals surface area contributed by atoms with Crippen LogP contribution in [-0.2, 0) is 0 Å². The summed E-state index contributed by atoms with van der Waals surface area (Å²) in [6.45, 7) is 1.78. The third-order valence-corrected chi connectivity index (χ3v) is 3.37. The summed E-state index contributed by atoms with van der Waals surface area (Å²) in [6.07, 6.45) is 6.30. The number of benzene rings is 1. The lowest BCUT2D eigenvalue weighted by molar-refractivity contribution is -0.385. The summed E-state index contributed by atoms with van der Waals surface area (Å²) in [5.74, 6) is 0. The van der Waals surface area contributed by atoms with Gasteiger partial charge in [-0.1, -0.05) is 19.3 Å². The molecule has 1 N–H and O–H groups in total. The van der Waals surface area contributed by atoms with E-state index in [1.54, 1.807) is 19.1 Å². The Bertz CT molecular complexity index is 412. The van der Waals surface area contributed by atoms with Gasteiger partial charge in [0.1, 0.15) is 0 Å². The minimum atomic E-state index is -0.334. The van der Waals surface area contributed by atoms with Crippen LogP contribution in [0.3, 0.4) is 0 Å². The first-order valence-corrected chi connectivity index (χ1v) is 6.18. The highest BCUT2D eigenvalue weighted by molar-refractivity contribution is 5.54. The van der Waals surface area contributed by atoms with Gasteiger partial charge in [0, 0.05) is 23.4 Å². The average molecular weight is 234 g/mol. The highest BCUT2D eigenvalue weighted by Gasteiger charge is 2.15. The van der Waals surface area contributed by atoms with Crippen molar-refractivity contribution in [1.82, 2.24) is 0 Å². The molecule has 0 saturated heterocycles. The predicted octanol–water partition coefficient (Wildman–Crippen LogP) is 3.65. The fourth-order valence-corrected chi connectivity index (χ4v) is 2.43. The molecule has 1 saturated carbocycles. The van der Waals surface area contributed by atoms with Gasteiger partial charge in [-0.05, 0) is 31.9 Å². The molecule has 0 bridgehead atoms. The molecule has 1 fully saturated rings. The second-order valence-electron chi connectivity index (χ2n) is 4.74. The first-order valence-electron chi connectivity index (χ1n) is 6.18. The van der Waals surface area contributed by atoms with Crippen molar-refractivity contribution in [2.24, 2.45) is 0 Å². The fourth-order valence-electron chi connectivity index (χ4n) is 2.43. The number of hydrogen-bond acceptors (Lipinski definition) is 3. The molecule has 0 radical (unpaired) electrons. The molecule has 0 heterocycles. The van der Waals surface area contributed by atoms with Crippen molar-refractivity contribution in [1.29, 1.82) is 0 Å². The summed E-state index contributed by atoms with van der Waals surface area (Å²) in [7, 11) is 0. The van der Waals surface area contributed by atoms with E-state index in [9.17, 15) is 10.1 Å². The number of nitrogens with one attached hydrogen (secondary N) is 1. The molecule has 0 aromatic heterocycles. The zero-order chi connectivity index (χ0) is 12.3. The minimum Gasteiger partial charge on any atom is -0.382 e. The summed E-state index contributed by atoms with van der Waals surface area (Å²) < 4.78 is 0. The molecule has 17 heavy (non-hydrogen) atoms. The molecule has 1 aromatic rings. The van der Waals surface area contributed by atoms with Gasteiger partial charge in [-0.25, -0.2) is 0 Å². The quantitative estimate of drug-likeness (QED) is 0.641. The molecule has 1 aliphatic rings. The van der Waals surface area contributed by atoms with Crippen LogP contribution in [0.25, 0.3) is 0 Å². The van der Waals surface area contributed by atoms with Crippen LogP contribution in [0.5, 0.6) is 0 Å². The van der Waals surface area contributed by atoms with Crippen LogP contribution in [0.4, 0.5) is 11.4 Å². The van der Waals surface area contributed by atoms with E-state index in [1.165, 1.54) is 32.1 Å². The number of aryl methyl sites for hydroxylation is 1. The predicted molar refractivity (Wildman–Crippen MR) is 68.3 cm³/mol. The third-order valence-electron chi connectivity index (χ3n) is 3.37. The van der Waals surface area contributed by atoms with Crippen molar-refractivity contribution >= 4 is 11.4 Å². The van der Waals surface area contributed by atoms with E-state index in [0.29, 0.717) is 6.04 Å². The lowest BCUT2D eigenvalue weighted by atomic mass is 9.95. The van der Waals surface area contributed by atoms with Crippen molar-refractivity contribution in [2.75, 3.05) is 5.32 Å². The Morgan fingerprint density at radius 2 is 2.00 bits per heavy atom. The van der Waals surface area contributed by atoms with Gasteiger partial charge >= 0.3 is 0 Å². The topological polar surface area (TPSA) is 55.2 Å². The van der Waals surface area contributed by atoms with E-state index in [-0.39, 0.29) is 10.6 Å². The van der Waals surface area contributed by atoms with Crippen LogP contribution in [0.1, 0.15) is 37.7 Å². The summed E-state index contributed by atoms with van der Waals surface area (Å²) in [4.78, 5) is 10.4. The van der Waals surface area contributed by atoms with Gasteiger partial charge in [0.15, 0.2) is 0 Å². The fraction of sp³-hybridized carbons (Fsp3) is 0.538. The first-order chi connectivity index (χ1) is 8.16. The number of nitrogens with zero attached hydrogens (tertiary/aromatic N) is 1. The second kappa shape index (κ2) is 5.17. The van der Waals surface area contributed by atoms with Crippen molar-refractivity contribution in [2.45, 2.75) is 45.1 Å². The van der Waals surface area contributed by atoms with E-state index in [1.807, 2.05) is 6.07 Å². The maximum Gasteiger partial charge on any atom is 0.272 e. The second-order valence-corrected chi connectivity index (χ2v) is 4.74. The number of hydrogen-bond donors (Lipinski definition) is 1. The Morgan fingerprint density at radius 3 is 2.59 bits per heavy atom. The van der Waals surface area contributed by atoms with E-state index >= 15 is 0 Å². The van der Waals surface area contributed by atoms with Crippen molar-refractivity contribution in [3.8, 4) is 0 Å². The summed E-state index contributed by atoms with van der Waals surface area (Å²) in [5, 5.41) is 14.2. The molecule has 0 unspecified atom stereocenters. The normalized spacial score (nSPS) is 16.8. The summed E-state index contributed by atoms with van der Waals surface area (Å²) in [5.41, 5.74) is 1.91. The molecular formula is C13H18N2O2. The highest BCUT2D eigenvalue weighted by atomic mass is 16.6. The first kappa shape index (κ1) is 11.9. The Morgan fingerprint density at radius 1 is 1.29 bits per heavy atom. The van der Waals surface area contributed by atoms with Gasteiger partial charge in [-0.3, -0.25) is 10.1 Å². The lowest BCUT2D eigenvalue weighted by Gasteiger charge is -2.23. The molecule has 4 nitrogen and oxygen atoms in total. The van der Waals surface area contributed by atoms with E-state index in [4.69, 9.17) is 0 Å². The number of anilines is 1. The van der Waals surface area contributed by atoms with Crippen molar-refractivity contribution in [3.05, 3.63) is 33.9 Å². The Labute approximate surface area is 101 Å². The van der Waals surface area contributed by atoms with Crippen molar-refractivity contribution < 1.29 is 4.92 Å². The van der Waals surface area contributed by atoms with E-state index < -0.39 is 0 Å². The monoisotopic (exact) mass is 234 g/mol. The number of nitro benzene ring substituents is 1. The molecule has 4 heteroatoms. The summed E-state index contributed by atoms with van der Waals surface area (Å²) >= 11 is 0. The molecule has 0 aliphatic heterocycles. The Kier molecular flexibility index (Phi) is 3.61. The van der Waals surface area contributed by atoms with Gasteiger partial charge in [-0.15, -0.1) is 0 Å². The highest BCUT2D eigenvalue weighted by Crippen LogP contribution is 2.25. The zero-order valence-electron chi connectivity index (χ0n) is 10.1. The van der Waals surface area contributed by atoms with Crippen LogP contribution in [0, 0.1) is 17.0 Å². The van der Waals surface area contributed by atoms with Gasteiger partial charge in [0.2, 0.25) is 0 Å². The van der Waals surface area contributed by atoms with Gasteiger partial charge < -0.3 is 5.32 Å². The van der Waals surface area contributed by atoms with Gasteiger partial charge in [0.25, 0.3) is 5.69 Å². The Balaban J connectivity index is 2.06. The van der Waals surface area contributed by atoms with E-state index in [0.717, 1.165) is 11.3 Å². The zero-order valence-corrected chi connectivity index (χ0v) is 10.1. The maximum atomic E-state index is 10.7. The molecule has 2 rings (SSSR count). The van der Waals surface area contributed by atoms with Crippen LogP contribution >= 0.6 is 0 Å². The molecule has 0 amide bonds.